The molecular weight excluding hydrogens is 354 g/mol. The fraction of sp³-hybridized carbons (Fsp3) is 0.389. The number of hydrogen-bond donors (Lipinski definition) is 1. The van der Waals surface area contributed by atoms with Crippen LogP contribution in [-0.4, -0.2) is 35.9 Å². The van der Waals surface area contributed by atoms with Gasteiger partial charge in [0.05, 0.1) is 17.7 Å². The molecule has 7 nitrogen and oxygen atoms in total. The molecule has 1 amide bonds. The van der Waals surface area contributed by atoms with Crippen LogP contribution in [0.4, 0.5) is 10.7 Å². The van der Waals surface area contributed by atoms with Crippen molar-refractivity contribution in [2.45, 2.75) is 19.4 Å². The second-order valence-corrected chi connectivity index (χ2v) is 7.18. The lowest BCUT2D eigenvalue weighted by atomic mass is 9.95. The van der Waals surface area contributed by atoms with Crippen LogP contribution in [0.2, 0.25) is 0 Å². The van der Waals surface area contributed by atoms with E-state index >= 15 is 0 Å². The molecule has 2 aromatic rings. The molecule has 1 aliphatic heterocycles. The van der Waals surface area contributed by atoms with Crippen LogP contribution in [0.5, 0.6) is 5.75 Å². The van der Waals surface area contributed by atoms with Crippen LogP contribution in [0.15, 0.2) is 35.7 Å². The van der Waals surface area contributed by atoms with Gasteiger partial charge in [-0.05, 0) is 43.6 Å². The molecule has 1 aliphatic rings. The standard InChI is InChI=1S/C18H21N3O4S/c1-25-16-5-3-2-4-15(16)19-18(22)14-6-8-20(9-7-14)11-13-10-17(21(23)24)26-12-13/h2-5,10,12,14H,6-9,11H2,1H3,(H,19,22). The van der Waals surface area contributed by atoms with Gasteiger partial charge < -0.3 is 10.1 Å². The Morgan fingerprint density at radius 3 is 2.77 bits per heavy atom. The van der Waals surface area contributed by atoms with Crippen LogP contribution in [0.1, 0.15) is 18.4 Å². The Bertz CT molecular complexity index is 784. The number of amides is 1. The number of anilines is 1. The molecule has 0 bridgehead atoms. The molecule has 3 rings (SSSR count). The van der Waals surface area contributed by atoms with Gasteiger partial charge in [-0.3, -0.25) is 19.8 Å². The Morgan fingerprint density at radius 1 is 1.38 bits per heavy atom. The van der Waals surface area contributed by atoms with Crippen molar-refractivity contribution in [1.29, 1.82) is 0 Å². The Balaban J connectivity index is 1.51. The molecule has 0 spiro atoms. The van der Waals surface area contributed by atoms with E-state index in [4.69, 9.17) is 4.74 Å². The molecule has 0 unspecified atom stereocenters. The summed E-state index contributed by atoms with van der Waals surface area (Å²) in [5.74, 6) is 0.630. The number of carbonyl (C=O) groups excluding carboxylic acids is 1. The predicted molar refractivity (Wildman–Crippen MR) is 101 cm³/mol. The number of likely N-dealkylation sites (tertiary alicyclic amines) is 1. The summed E-state index contributed by atoms with van der Waals surface area (Å²) >= 11 is 1.15. The second kappa shape index (κ2) is 8.29. The smallest absolute Gasteiger partial charge is 0.324 e. The summed E-state index contributed by atoms with van der Waals surface area (Å²) in [6.45, 7) is 2.28. The number of para-hydroxylation sites is 2. The normalized spacial score (nSPS) is 15.6. The zero-order valence-electron chi connectivity index (χ0n) is 14.5. The summed E-state index contributed by atoms with van der Waals surface area (Å²) in [6, 6.07) is 9.00. The first kappa shape index (κ1) is 18.3. The summed E-state index contributed by atoms with van der Waals surface area (Å²) < 4.78 is 5.27. The van der Waals surface area contributed by atoms with Gasteiger partial charge in [-0.2, -0.15) is 0 Å². The van der Waals surface area contributed by atoms with Crippen molar-refractivity contribution >= 4 is 27.9 Å². The number of nitro groups is 1. The van der Waals surface area contributed by atoms with Gasteiger partial charge in [0, 0.05) is 23.9 Å². The van der Waals surface area contributed by atoms with Crippen LogP contribution >= 0.6 is 11.3 Å². The molecule has 0 saturated carbocycles. The third-order valence-corrected chi connectivity index (χ3v) is 5.48. The van der Waals surface area contributed by atoms with Crippen LogP contribution in [0, 0.1) is 16.0 Å². The average Bonchev–Trinajstić information content (AvgIpc) is 3.11. The number of piperidine rings is 1. The minimum atomic E-state index is -0.359. The van der Waals surface area contributed by atoms with E-state index in [9.17, 15) is 14.9 Å². The number of nitrogens with zero attached hydrogens (tertiary/aromatic N) is 2. The van der Waals surface area contributed by atoms with E-state index in [0.717, 1.165) is 42.8 Å². The lowest BCUT2D eigenvalue weighted by molar-refractivity contribution is -0.380. The molecule has 0 radical (unpaired) electrons. The van der Waals surface area contributed by atoms with Gasteiger partial charge in [0.2, 0.25) is 5.91 Å². The highest BCUT2D eigenvalue weighted by Crippen LogP contribution is 2.27. The van der Waals surface area contributed by atoms with Gasteiger partial charge in [-0.1, -0.05) is 23.5 Å². The summed E-state index contributed by atoms with van der Waals surface area (Å²) in [5, 5.41) is 15.7. The third kappa shape index (κ3) is 4.39. The first-order valence-electron chi connectivity index (χ1n) is 8.45. The Labute approximate surface area is 155 Å². The van der Waals surface area contributed by atoms with Crippen LogP contribution in [-0.2, 0) is 11.3 Å². The van der Waals surface area contributed by atoms with E-state index in [1.807, 2.05) is 29.6 Å². The molecule has 26 heavy (non-hydrogen) atoms. The van der Waals surface area contributed by atoms with Crippen LogP contribution < -0.4 is 10.1 Å². The first-order valence-corrected chi connectivity index (χ1v) is 9.33. The SMILES string of the molecule is COc1ccccc1NC(=O)C1CCN(Cc2csc([N+](=O)[O-])c2)CC1. The molecule has 1 N–H and O–H groups in total. The summed E-state index contributed by atoms with van der Waals surface area (Å²) in [6.07, 6.45) is 1.54. The van der Waals surface area contributed by atoms with Crippen LogP contribution in [0.25, 0.3) is 0 Å². The minimum absolute atomic E-state index is 0.0142. The summed E-state index contributed by atoms with van der Waals surface area (Å²) in [5.41, 5.74) is 1.65. The molecule has 1 aromatic heterocycles. The van der Waals surface area contributed by atoms with E-state index in [1.54, 1.807) is 13.2 Å². The topological polar surface area (TPSA) is 84.7 Å². The molecule has 1 fully saturated rings. The molecular formula is C18H21N3O4S. The number of rotatable bonds is 6. The van der Waals surface area contributed by atoms with Gasteiger partial charge in [-0.15, -0.1) is 0 Å². The number of hydrogen-bond acceptors (Lipinski definition) is 6. The molecule has 1 aromatic carbocycles. The lowest BCUT2D eigenvalue weighted by Gasteiger charge is -2.31. The van der Waals surface area contributed by atoms with Crippen molar-refractivity contribution < 1.29 is 14.5 Å². The maximum atomic E-state index is 12.5. The number of methoxy groups -OCH3 is 1. The largest absolute Gasteiger partial charge is 0.495 e. The number of thiophene rings is 1. The number of ether oxygens (including phenoxy) is 1. The fourth-order valence-corrected chi connectivity index (χ4v) is 3.86. The van der Waals surface area contributed by atoms with Gasteiger partial charge in [0.15, 0.2) is 0 Å². The van der Waals surface area contributed by atoms with Gasteiger partial charge >= 0.3 is 5.00 Å². The van der Waals surface area contributed by atoms with Crippen molar-refractivity contribution in [3.63, 3.8) is 0 Å². The molecule has 2 heterocycles. The lowest BCUT2D eigenvalue weighted by Crippen LogP contribution is -2.37. The maximum Gasteiger partial charge on any atom is 0.324 e. The van der Waals surface area contributed by atoms with Crippen molar-refractivity contribution in [2.24, 2.45) is 5.92 Å². The molecule has 1 saturated heterocycles. The highest BCUT2D eigenvalue weighted by atomic mass is 32.1. The summed E-state index contributed by atoms with van der Waals surface area (Å²) in [7, 11) is 1.58. The fourth-order valence-electron chi connectivity index (χ4n) is 3.14. The van der Waals surface area contributed by atoms with Gasteiger partial charge in [-0.25, -0.2) is 0 Å². The van der Waals surface area contributed by atoms with Crippen molar-refractivity contribution in [1.82, 2.24) is 4.90 Å². The number of benzene rings is 1. The quantitative estimate of drug-likeness (QED) is 0.617. The predicted octanol–water partition coefficient (Wildman–Crippen LogP) is 3.52. The second-order valence-electron chi connectivity index (χ2n) is 6.29. The van der Waals surface area contributed by atoms with Crippen molar-refractivity contribution in [3.8, 4) is 5.75 Å². The first-order chi connectivity index (χ1) is 12.6. The van der Waals surface area contributed by atoms with Crippen molar-refractivity contribution in [2.75, 3.05) is 25.5 Å². The zero-order chi connectivity index (χ0) is 18.5. The van der Waals surface area contributed by atoms with Gasteiger partial charge in [0.25, 0.3) is 0 Å². The Hall–Kier alpha value is -2.45. The maximum absolute atomic E-state index is 12.5. The van der Waals surface area contributed by atoms with Gasteiger partial charge in [0.1, 0.15) is 5.75 Å². The highest BCUT2D eigenvalue weighted by Gasteiger charge is 2.26. The molecule has 0 atom stereocenters. The molecule has 138 valence electrons. The Morgan fingerprint density at radius 2 is 2.12 bits per heavy atom. The van der Waals surface area contributed by atoms with E-state index in [-0.39, 0.29) is 21.7 Å². The summed E-state index contributed by atoms with van der Waals surface area (Å²) in [4.78, 5) is 25.2. The van der Waals surface area contributed by atoms with E-state index < -0.39 is 0 Å². The Kier molecular flexibility index (Phi) is 5.85. The molecule has 0 aliphatic carbocycles. The molecule has 8 heteroatoms. The van der Waals surface area contributed by atoms with Crippen LogP contribution in [0.3, 0.4) is 0 Å². The van der Waals surface area contributed by atoms with Crippen molar-refractivity contribution in [3.05, 3.63) is 51.4 Å². The zero-order valence-corrected chi connectivity index (χ0v) is 15.3. The van der Waals surface area contributed by atoms with E-state index in [2.05, 4.69) is 10.2 Å². The monoisotopic (exact) mass is 375 g/mol. The minimum Gasteiger partial charge on any atom is -0.495 e. The average molecular weight is 375 g/mol. The number of carbonyl (C=O) groups is 1. The van der Waals surface area contributed by atoms with E-state index in [0.29, 0.717) is 18.0 Å². The van der Waals surface area contributed by atoms with E-state index in [1.165, 1.54) is 0 Å². The highest BCUT2D eigenvalue weighted by molar-refractivity contribution is 7.13. The third-order valence-electron chi connectivity index (χ3n) is 4.55. The number of nitrogens with one attached hydrogen (secondary N) is 1.